The minimum absolute atomic E-state index is 0.519. The average Bonchev–Trinajstić information content (AvgIpc) is 4.07. The summed E-state index contributed by atoms with van der Waals surface area (Å²) < 4.78 is 16.1. The van der Waals surface area contributed by atoms with Crippen LogP contribution in [0, 0.1) is 0 Å². The Kier molecular flexibility index (Phi) is 7.40. The van der Waals surface area contributed by atoms with Crippen LogP contribution in [0.3, 0.4) is 0 Å². The zero-order valence-electron chi connectivity index (χ0n) is 35.7. The van der Waals surface area contributed by atoms with Gasteiger partial charge >= 0.3 is 0 Å². The predicted octanol–water partition coefficient (Wildman–Crippen LogP) is 16.4. The number of para-hydroxylation sites is 2. The molecule has 11 aromatic carbocycles. The lowest BCUT2D eigenvalue weighted by atomic mass is 10.0. The number of nitrogens with zero attached hydrogens (tertiary/aromatic N) is 4. The van der Waals surface area contributed by atoms with Crippen LogP contribution in [0.2, 0.25) is 0 Å². The molecule has 0 unspecified atom stereocenters. The maximum Gasteiger partial charge on any atom is 0.167 e. The van der Waals surface area contributed by atoms with Crippen LogP contribution in [-0.2, 0) is 0 Å². The molecule has 6 heteroatoms. The minimum Gasteiger partial charge on any atom is -0.455 e. The van der Waals surface area contributed by atoms with Crippen molar-refractivity contribution in [3.63, 3.8) is 0 Å². The molecule has 0 amide bonds. The SMILES string of the molecule is c1ccc2cc3c(cc2c1)c1c2ccccc2ccc1n3-c1c(-c2nc(-c3cccc4ccccc34)nc(-c3cccc4c3oc3ccccc34)n2)ccc2oc3c4ccccc4ccc3c12. The minimum atomic E-state index is 0.519. The van der Waals surface area contributed by atoms with E-state index >= 15 is 0 Å². The van der Waals surface area contributed by atoms with Crippen LogP contribution in [0.5, 0.6) is 0 Å². The van der Waals surface area contributed by atoms with Gasteiger partial charge < -0.3 is 13.4 Å². The van der Waals surface area contributed by atoms with Gasteiger partial charge in [-0.2, -0.15) is 0 Å². The predicted molar refractivity (Wildman–Crippen MR) is 275 cm³/mol. The normalized spacial score (nSPS) is 12.2. The summed E-state index contributed by atoms with van der Waals surface area (Å²) in [4.78, 5) is 16.4. The van der Waals surface area contributed by atoms with Crippen molar-refractivity contribution in [3.8, 4) is 39.9 Å². The van der Waals surface area contributed by atoms with E-state index in [-0.39, 0.29) is 0 Å². The Morgan fingerprint density at radius 3 is 1.69 bits per heavy atom. The molecule has 0 aliphatic carbocycles. The Hall–Kier alpha value is -9.13. The van der Waals surface area contributed by atoms with Crippen molar-refractivity contribution in [3.05, 3.63) is 206 Å². The molecule has 0 N–H and O–H groups in total. The number of hydrogen-bond acceptors (Lipinski definition) is 5. The van der Waals surface area contributed by atoms with Gasteiger partial charge in [0.05, 0.1) is 27.7 Å². The number of benzene rings is 11. The van der Waals surface area contributed by atoms with E-state index in [4.69, 9.17) is 23.8 Å². The molecule has 0 atom stereocenters. The van der Waals surface area contributed by atoms with E-state index in [0.29, 0.717) is 17.5 Å². The van der Waals surface area contributed by atoms with Crippen LogP contribution in [0.4, 0.5) is 0 Å². The highest BCUT2D eigenvalue weighted by Gasteiger charge is 2.27. The van der Waals surface area contributed by atoms with Gasteiger partial charge in [0.25, 0.3) is 0 Å². The van der Waals surface area contributed by atoms with Crippen LogP contribution in [0.15, 0.2) is 215 Å². The summed E-state index contributed by atoms with van der Waals surface area (Å²) in [5, 5.41) is 15.4. The molecule has 67 heavy (non-hydrogen) atoms. The van der Waals surface area contributed by atoms with Crippen molar-refractivity contribution in [2.45, 2.75) is 0 Å². The molecule has 0 aliphatic heterocycles. The molecular weight excluding hydrogens is 821 g/mol. The Morgan fingerprint density at radius 1 is 0.299 bits per heavy atom. The molecule has 310 valence electrons. The monoisotopic (exact) mass is 854 g/mol. The molecule has 15 rings (SSSR count). The number of fused-ring (bicyclic) bond motifs is 15. The smallest absolute Gasteiger partial charge is 0.167 e. The van der Waals surface area contributed by atoms with Crippen LogP contribution < -0.4 is 0 Å². The third-order valence-electron chi connectivity index (χ3n) is 13.8. The van der Waals surface area contributed by atoms with Gasteiger partial charge in [-0.1, -0.05) is 158 Å². The van der Waals surface area contributed by atoms with E-state index in [2.05, 4.69) is 193 Å². The lowest BCUT2D eigenvalue weighted by molar-refractivity contribution is 0.669. The van der Waals surface area contributed by atoms with Gasteiger partial charge in [-0.25, -0.2) is 15.0 Å². The summed E-state index contributed by atoms with van der Waals surface area (Å²) in [6.45, 7) is 0. The Morgan fingerprint density at radius 2 is 0.866 bits per heavy atom. The molecule has 6 nitrogen and oxygen atoms in total. The van der Waals surface area contributed by atoms with E-state index in [1.807, 2.05) is 18.2 Å². The molecule has 0 saturated carbocycles. The Balaban J connectivity index is 1.13. The van der Waals surface area contributed by atoms with Gasteiger partial charge in [0.1, 0.15) is 22.3 Å². The summed E-state index contributed by atoms with van der Waals surface area (Å²) in [5.74, 6) is 1.62. The fraction of sp³-hybridized carbons (Fsp3) is 0. The maximum atomic E-state index is 6.99. The van der Waals surface area contributed by atoms with Gasteiger partial charge in [-0.05, 0) is 86.2 Å². The second-order valence-corrected chi connectivity index (χ2v) is 17.4. The van der Waals surface area contributed by atoms with Crippen LogP contribution in [0.25, 0.3) is 149 Å². The molecule has 0 spiro atoms. The fourth-order valence-electron chi connectivity index (χ4n) is 10.8. The van der Waals surface area contributed by atoms with Crippen molar-refractivity contribution in [2.75, 3.05) is 0 Å². The second kappa shape index (κ2) is 13.7. The quantitative estimate of drug-likeness (QED) is 0.176. The first kappa shape index (κ1) is 36.2. The molecule has 0 radical (unpaired) electrons. The summed E-state index contributed by atoms with van der Waals surface area (Å²) in [6.07, 6.45) is 0. The maximum absolute atomic E-state index is 6.99. The fourth-order valence-corrected chi connectivity index (χ4v) is 10.8. The van der Waals surface area contributed by atoms with Gasteiger partial charge in [0, 0.05) is 43.4 Å². The Labute approximate surface area is 381 Å². The number of furan rings is 2. The zero-order chi connectivity index (χ0) is 43.7. The first-order valence-electron chi connectivity index (χ1n) is 22.6. The van der Waals surface area contributed by atoms with E-state index < -0.39 is 0 Å². The molecule has 4 aromatic heterocycles. The highest BCUT2D eigenvalue weighted by molar-refractivity contribution is 6.26. The number of aromatic nitrogens is 4. The summed E-state index contributed by atoms with van der Waals surface area (Å²) in [5.41, 5.74) is 8.78. The van der Waals surface area contributed by atoms with Crippen molar-refractivity contribution in [1.82, 2.24) is 19.5 Å². The van der Waals surface area contributed by atoms with E-state index in [1.165, 1.54) is 21.5 Å². The molecule has 0 bridgehead atoms. The van der Waals surface area contributed by atoms with E-state index in [9.17, 15) is 0 Å². The van der Waals surface area contributed by atoms with E-state index in [0.717, 1.165) is 110 Å². The van der Waals surface area contributed by atoms with Gasteiger partial charge in [0.15, 0.2) is 17.5 Å². The molecule has 0 fully saturated rings. The van der Waals surface area contributed by atoms with Crippen LogP contribution >= 0.6 is 0 Å². The first-order valence-corrected chi connectivity index (χ1v) is 22.6. The van der Waals surface area contributed by atoms with E-state index in [1.54, 1.807) is 0 Å². The highest BCUT2D eigenvalue weighted by atomic mass is 16.3. The second-order valence-electron chi connectivity index (χ2n) is 17.4. The molecule has 0 saturated heterocycles. The molecular formula is C61H34N4O2. The molecule has 0 aliphatic rings. The number of rotatable bonds is 4. The lowest BCUT2D eigenvalue weighted by Crippen LogP contribution is -2.04. The van der Waals surface area contributed by atoms with Crippen molar-refractivity contribution in [1.29, 1.82) is 0 Å². The summed E-state index contributed by atoms with van der Waals surface area (Å²) in [7, 11) is 0. The lowest BCUT2D eigenvalue weighted by Gasteiger charge is -2.17. The summed E-state index contributed by atoms with van der Waals surface area (Å²) in [6, 6.07) is 72.7. The van der Waals surface area contributed by atoms with Crippen LogP contribution in [0.1, 0.15) is 0 Å². The van der Waals surface area contributed by atoms with Crippen molar-refractivity contribution < 1.29 is 8.83 Å². The largest absolute Gasteiger partial charge is 0.455 e. The van der Waals surface area contributed by atoms with Crippen molar-refractivity contribution >= 4 is 109 Å². The standard InChI is InChI=1S/C61H34N4O2/c1-2-17-39-34-51-49(33-38(39)16-1)54-41-20-7-4-14-36(41)28-31-50(54)65(51)56-47(30-32-53-55(56)46-29-27-37-15-5-8-21-42(37)57(46)67-53)60-62-59(45-24-11-18-35-13-3-6-19-40(35)45)63-61(64-60)48-25-12-23-44-43-22-9-10-26-52(43)66-58(44)48/h1-34H. The Bertz CT molecular complexity index is 4590. The third-order valence-corrected chi connectivity index (χ3v) is 13.8. The topological polar surface area (TPSA) is 69.9 Å². The highest BCUT2D eigenvalue weighted by Crippen LogP contribution is 2.47. The first-order chi connectivity index (χ1) is 33.2. The third kappa shape index (κ3) is 5.23. The van der Waals surface area contributed by atoms with Gasteiger partial charge in [-0.15, -0.1) is 0 Å². The number of hydrogen-bond donors (Lipinski definition) is 0. The molecule has 4 heterocycles. The average molecular weight is 855 g/mol. The van der Waals surface area contributed by atoms with Crippen LogP contribution in [-0.4, -0.2) is 19.5 Å². The molecule has 15 aromatic rings. The summed E-state index contributed by atoms with van der Waals surface area (Å²) >= 11 is 0. The van der Waals surface area contributed by atoms with Gasteiger partial charge in [0.2, 0.25) is 0 Å². The van der Waals surface area contributed by atoms with Crippen molar-refractivity contribution in [2.24, 2.45) is 0 Å². The van der Waals surface area contributed by atoms with Gasteiger partial charge in [-0.3, -0.25) is 0 Å². The zero-order valence-corrected chi connectivity index (χ0v) is 35.7.